The Morgan fingerprint density at radius 1 is 1.32 bits per heavy atom. The van der Waals surface area contributed by atoms with Crippen LogP contribution in [0.5, 0.6) is 0 Å². The van der Waals surface area contributed by atoms with Gasteiger partial charge in [-0.3, -0.25) is 4.90 Å². The molecule has 2 amide bonds. The zero-order chi connectivity index (χ0) is 21.0. The normalized spacial score (nSPS) is 25.2. The maximum Gasteiger partial charge on any atom is 0.325 e. The van der Waals surface area contributed by atoms with Gasteiger partial charge in [0.25, 0.3) is 0 Å². The van der Waals surface area contributed by atoms with Gasteiger partial charge >= 0.3 is 6.03 Å². The molecule has 1 aromatic carbocycles. The molecule has 3 atom stereocenters. The van der Waals surface area contributed by atoms with Gasteiger partial charge in [-0.05, 0) is 56.1 Å². The molecule has 2 aliphatic rings. The fraction of sp³-hybridized carbons (Fsp3) is 0.619. The monoisotopic (exact) mass is 419 g/mol. The van der Waals surface area contributed by atoms with Crippen LogP contribution >= 0.6 is 11.6 Å². The van der Waals surface area contributed by atoms with Crippen molar-refractivity contribution in [1.82, 2.24) is 4.90 Å². The number of fused-ring (bicyclic) bond motifs is 1. The van der Waals surface area contributed by atoms with E-state index < -0.39 is 8.32 Å². The lowest BCUT2D eigenvalue weighted by Gasteiger charge is -2.40. The largest absolute Gasteiger partial charge is 0.412 e. The SMILES string of the molecule is Cc1c(N2C(=O)N3CC[C@H](O[Si](C)(C)C(C)(C)C)[C@H]3[C@H]2C)ccc(C#N)c1Cl. The molecule has 2 saturated heterocycles. The van der Waals surface area contributed by atoms with Gasteiger partial charge in [0.1, 0.15) is 6.07 Å². The molecular weight excluding hydrogens is 390 g/mol. The van der Waals surface area contributed by atoms with Crippen molar-refractivity contribution in [3.8, 4) is 6.07 Å². The van der Waals surface area contributed by atoms with Crippen molar-refractivity contribution < 1.29 is 9.22 Å². The van der Waals surface area contributed by atoms with E-state index in [2.05, 4.69) is 46.9 Å². The zero-order valence-electron chi connectivity index (χ0n) is 17.8. The average molecular weight is 420 g/mol. The fourth-order valence-corrected chi connectivity index (χ4v) is 5.64. The molecule has 7 heteroatoms. The summed E-state index contributed by atoms with van der Waals surface area (Å²) in [5, 5.41) is 9.75. The second-order valence-corrected chi connectivity index (χ2v) is 14.6. The minimum Gasteiger partial charge on any atom is -0.412 e. The minimum atomic E-state index is -1.93. The Labute approximate surface area is 174 Å². The molecule has 3 rings (SSSR count). The topological polar surface area (TPSA) is 56.6 Å². The lowest BCUT2D eigenvalue weighted by Crippen LogP contribution is -2.49. The van der Waals surface area contributed by atoms with Gasteiger partial charge in [0.2, 0.25) is 0 Å². The van der Waals surface area contributed by atoms with Crippen molar-refractivity contribution in [2.75, 3.05) is 11.4 Å². The molecule has 1 aromatic rings. The number of benzene rings is 1. The number of nitriles is 1. The molecule has 0 bridgehead atoms. The van der Waals surface area contributed by atoms with Crippen LogP contribution < -0.4 is 4.90 Å². The second kappa shape index (κ2) is 7.05. The number of carbonyl (C=O) groups is 1. The van der Waals surface area contributed by atoms with Crippen LogP contribution in [0.15, 0.2) is 12.1 Å². The third-order valence-corrected chi connectivity index (χ3v) is 11.7. The maximum absolute atomic E-state index is 13.2. The Balaban J connectivity index is 1.92. The van der Waals surface area contributed by atoms with E-state index in [0.29, 0.717) is 17.1 Å². The Bertz CT molecular complexity index is 843. The van der Waals surface area contributed by atoms with Crippen LogP contribution in [0.3, 0.4) is 0 Å². The smallest absolute Gasteiger partial charge is 0.325 e. The summed E-state index contributed by atoms with van der Waals surface area (Å²) in [5.41, 5.74) is 1.98. The Morgan fingerprint density at radius 3 is 2.54 bits per heavy atom. The maximum atomic E-state index is 13.2. The van der Waals surface area contributed by atoms with E-state index in [-0.39, 0.29) is 29.3 Å². The van der Waals surface area contributed by atoms with Crippen molar-refractivity contribution >= 4 is 31.6 Å². The zero-order valence-corrected chi connectivity index (χ0v) is 19.6. The van der Waals surface area contributed by atoms with E-state index in [1.165, 1.54) is 0 Å². The van der Waals surface area contributed by atoms with E-state index in [0.717, 1.165) is 17.7 Å². The van der Waals surface area contributed by atoms with E-state index in [1.54, 1.807) is 6.07 Å². The molecule has 0 aromatic heterocycles. The van der Waals surface area contributed by atoms with Crippen molar-refractivity contribution in [3.05, 3.63) is 28.3 Å². The summed E-state index contributed by atoms with van der Waals surface area (Å²) >= 11 is 6.37. The van der Waals surface area contributed by atoms with Gasteiger partial charge in [-0.25, -0.2) is 4.79 Å². The van der Waals surface area contributed by atoms with Gasteiger partial charge in [-0.15, -0.1) is 0 Å². The van der Waals surface area contributed by atoms with E-state index in [4.69, 9.17) is 16.0 Å². The molecule has 0 aliphatic carbocycles. The standard InChI is InChI=1S/C21H30ClN3O2Si/c1-13-16(9-8-15(12-23)18(13)22)25-14(2)19-17(10-11-24(19)20(25)26)27-28(6,7)21(3,4)5/h8-9,14,17,19H,10-11H2,1-7H3/t14-,17+,19-/m1/s1. The lowest BCUT2D eigenvalue weighted by molar-refractivity contribution is 0.139. The predicted molar refractivity (Wildman–Crippen MR) is 115 cm³/mol. The van der Waals surface area contributed by atoms with Crippen LogP contribution in [0.4, 0.5) is 10.5 Å². The Morgan fingerprint density at radius 2 is 1.96 bits per heavy atom. The molecule has 0 saturated carbocycles. The number of rotatable bonds is 3. The summed E-state index contributed by atoms with van der Waals surface area (Å²) in [7, 11) is -1.93. The van der Waals surface area contributed by atoms with Crippen LogP contribution in [0.25, 0.3) is 0 Å². The number of carbonyl (C=O) groups excluding carboxylic acids is 1. The Hall–Kier alpha value is -1.55. The number of anilines is 1. The third kappa shape index (κ3) is 3.24. The molecule has 28 heavy (non-hydrogen) atoms. The fourth-order valence-electron chi connectivity index (χ4n) is 4.07. The van der Waals surface area contributed by atoms with Crippen LogP contribution in [-0.4, -0.2) is 44.0 Å². The molecule has 152 valence electrons. The first-order valence-corrected chi connectivity index (χ1v) is 13.2. The molecule has 2 fully saturated rings. The molecule has 2 aliphatic heterocycles. The Kier molecular flexibility index (Phi) is 5.33. The van der Waals surface area contributed by atoms with Crippen molar-refractivity contribution in [3.63, 3.8) is 0 Å². The average Bonchev–Trinajstić information content (AvgIpc) is 3.10. The van der Waals surface area contributed by atoms with Crippen molar-refractivity contribution in [2.45, 2.75) is 77.4 Å². The predicted octanol–water partition coefficient (Wildman–Crippen LogP) is 5.31. The molecule has 5 nitrogen and oxygen atoms in total. The first-order chi connectivity index (χ1) is 12.9. The highest BCUT2D eigenvalue weighted by atomic mass is 35.5. The lowest BCUT2D eigenvalue weighted by atomic mass is 10.0. The van der Waals surface area contributed by atoms with Crippen LogP contribution in [-0.2, 0) is 4.43 Å². The van der Waals surface area contributed by atoms with Crippen molar-refractivity contribution in [1.29, 1.82) is 5.26 Å². The van der Waals surface area contributed by atoms with Gasteiger partial charge < -0.3 is 9.33 Å². The number of hydrogen-bond acceptors (Lipinski definition) is 3. The van der Waals surface area contributed by atoms with E-state index in [9.17, 15) is 10.1 Å². The first-order valence-electron chi connectivity index (χ1n) is 9.87. The number of hydrogen-bond donors (Lipinski definition) is 0. The van der Waals surface area contributed by atoms with E-state index in [1.807, 2.05) is 22.8 Å². The number of halogens is 1. The quantitative estimate of drug-likeness (QED) is 0.623. The first kappa shape index (κ1) is 21.2. The molecule has 0 spiro atoms. The van der Waals surface area contributed by atoms with Gasteiger partial charge in [-0.2, -0.15) is 5.26 Å². The highest BCUT2D eigenvalue weighted by Gasteiger charge is 2.54. The number of amides is 2. The molecule has 0 radical (unpaired) electrons. The molecule has 0 unspecified atom stereocenters. The molecule has 0 N–H and O–H groups in total. The number of urea groups is 1. The van der Waals surface area contributed by atoms with Crippen LogP contribution in [0.1, 0.15) is 45.2 Å². The minimum absolute atomic E-state index is 0.00251. The third-order valence-electron chi connectivity index (χ3n) is 6.74. The summed E-state index contributed by atoms with van der Waals surface area (Å²) in [5.74, 6) is 0. The molecular formula is C21H30ClN3O2Si. The highest BCUT2D eigenvalue weighted by Crippen LogP contribution is 2.43. The summed E-state index contributed by atoms with van der Waals surface area (Å²) in [4.78, 5) is 17.0. The van der Waals surface area contributed by atoms with Gasteiger partial charge in [-0.1, -0.05) is 32.4 Å². The summed E-state index contributed by atoms with van der Waals surface area (Å²) < 4.78 is 6.72. The summed E-state index contributed by atoms with van der Waals surface area (Å²) in [6.07, 6.45) is 0.938. The van der Waals surface area contributed by atoms with Gasteiger partial charge in [0.15, 0.2) is 8.32 Å². The summed E-state index contributed by atoms with van der Waals surface area (Å²) in [6, 6.07) is 5.65. The second-order valence-electron chi connectivity index (χ2n) is 9.47. The van der Waals surface area contributed by atoms with Gasteiger partial charge in [0.05, 0.1) is 34.5 Å². The molecule has 2 heterocycles. The van der Waals surface area contributed by atoms with Gasteiger partial charge in [0, 0.05) is 6.54 Å². The van der Waals surface area contributed by atoms with Crippen molar-refractivity contribution in [2.24, 2.45) is 0 Å². The highest BCUT2D eigenvalue weighted by molar-refractivity contribution is 6.74. The van der Waals surface area contributed by atoms with E-state index >= 15 is 0 Å². The van der Waals surface area contributed by atoms with Crippen LogP contribution in [0, 0.1) is 18.3 Å². The number of nitrogens with zero attached hydrogens (tertiary/aromatic N) is 3. The van der Waals surface area contributed by atoms with Crippen LogP contribution in [0.2, 0.25) is 23.2 Å². The summed E-state index contributed by atoms with van der Waals surface area (Å²) in [6.45, 7) is 15.9.